The van der Waals surface area contributed by atoms with Crippen molar-refractivity contribution in [2.24, 2.45) is 5.41 Å². The SMILES string of the molecule is CNC[C@@]1(C)[C@@H](c2ccccc2)C1(F)F. The van der Waals surface area contributed by atoms with Crippen molar-refractivity contribution in [3.8, 4) is 0 Å². The highest BCUT2D eigenvalue weighted by Crippen LogP contribution is 2.70. The molecule has 0 spiro atoms. The van der Waals surface area contributed by atoms with E-state index >= 15 is 0 Å². The Balaban J connectivity index is 2.27. The van der Waals surface area contributed by atoms with Crippen LogP contribution in [-0.4, -0.2) is 19.5 Å². The zero-order valence-electron chi connectivity index (χ0n) is 8.93. The van der Waals surface area contributed by atoms with Gasteiger partial charge in [-0.15, -0.1) is 0 Å². The fourth-order valence-electron chi connectivity index (χ4n) is 2.39. The molecular formula is C12H15F2N. The zero-order chi connectivity index (χ0) is 11.1. The van der Waals surface area contributed by atoms with Gasteiger partial charge in [0.05, 0.1) is 11.3 Å². The molecule has 15 heavy (non-hydrogen) atoms. The van der Waals surface area contributed by atoms with Crippen molar-refractivity contribution in [2.45, 2.75) is 18.8 Å². The molecule has 0 radical (unpaired) electrons. The summed E-state index contributed by atoms with van der Waals surface area (Å²) in [6.07, 6.45) is 0. The summed E-state index contributed by atoms with van der Waals surface area (Å²) in [6.45, 7) is 1.99. The van der Waals surface area contributed by atoms with Crippen LogP contribution in [0.1, 0.15) is 18.4 Å². The summed E-state index contributed by atoms with van der Waals surface area (Å²) < 4.78 is 27.4. The van der Waals surface area contributed by atoms with Crippen LogP contribution in [0.5, 0.6) is 0 Å². The Kier molecular flexibility index (Phi) is 2.30. The van der Waals surface area contributed by atoms with Gasteiger partial charge < -0.3 is 5.32 Å². The molecule has 0 aliphatic heterocycles. The van der Waals surface area contributed by atoms with E-state index in [1.807, 2.05) is 18.2 Å². The maximum absolute atomic E-state index is 13.7. The van der Waals surface area contributed by atoms with Gasteiger partial charge in [-0.05, 0) is 12.6 Å². The highest BCUT2D eigenvalue weighted by atomic mass is 19.3. The number of rotatable bonds is 3. The molecule has 0 heterocycles. The minimum absolute atomic E-state index is 0.347. The molecule has 0 aromatic heterocycles. The van der Waals surface area contributed by atoms with E-state index < -0.39 is 17.3 Å². The largest absolute Gasteiger partial charge is 0.319 e. The molecule has 1 fully saturated rings. The van der Waals surface area contributed by atoms with Gasteiger partial charge in [0.2, 0.25) is 0 Å². The highest BCUT2D eigenvalue weighted by molar-refractivity contribution is 5.37. The molecule has 82 valence electrons. The first kappa shape index (κ1) is 10.6. The van der Waals surface area contributed by atoms with Crippen LogP contribution in [0.15, 0.2) is 30.3 Å². The number of alkyl halides is 2. The Labute approximate surface area is 88.5 Å². The second-order valence-electron chi connectivity index (χ2n) is 4.41. The van der Waals surface area contributed by atoms with Gasteiger partial charge >= 0.3 is 0 Å². The van der Waals surface area contributed by atoms with Gasteiger partial charge in [0, 0.05) is 6.54 Å². The molecule has 0 bridgehead atoms. The van der Waals surface area contributed by atoms with E-state index in [1.165, 1.54) is 0 Å². The van der Waals surface area contributed by atoms with E-state index in [1.54, 1.807) is 26.1 Å². The molecule has 3 heteroatoms. The molecule has 1 N–H and O–H groups in total. The molecule has 1 aromatic rings. The Bertz CT molecular complexity index is 350. The Morgan fingerprint density at radius 1 is 1.27 bits per heavy atom. The summed E-state index contributed by atoms with van der Waals surface area (Å²) >= 11 is 0. The number of benzene rings is 1. The van der Waals surface area contributed by atoms with Crippen molar-refractivity contribution < 1.29 is 8.78 Å². The predicted molar refractivity (Wildman–Crippen MR) is 56.2 cm³/mol. The Morgan fingerprint density at radius 2 is 1.87 bits per heavy atom. The Hall–Kier alpha value is -0.960. The third-order valence-corrected chi connectivity index (χ3v) is 3.35. The average Bonchev–Trinajstić information content (AvgIpc) is 2.62. The van der Waals surface area contributed by atoms with Gasteiger partial charge in [-0.25, -0.2) is 8.78 Å². The number of hydrogen-bond acceptors (Lipinski definition) is 1. The van der Waals surface area contributed by atoms with Gasteiger partial charge in [-0.1, -0.05) is 37.3 Å². The van der Waals surface area contributed by atoms with Crippen molar-refractivity contribution in [1.29, 1.82) is 0 Å². The zero-order valence-corrected chi connectivity index (χ0v) is 8.93. The van der Waals surface area contributed by atoms with E-state index in [4.69, 9.17) is 0 Å². The van der Waals surface area contributed by atoms with Gasteiger partial charge in [0.25, 0.3) is 5.92 Å². The Morgan fingerprint density at radius 3 is 2.40 bits per heavy atom. The van der Waals surface area contributed by atoms with Crippen LogP contribution in [0, 0.1) is 5.41 Å². The molecule has 0 amide bonds. The third-order valence-electron chi connectivity index (χ3n) is 3.35. The summed E-state index contributed by atoms with van der Waals surface area (Å²) in [6, 6.07) is 9.02. The van der Waals surface area contributed by atoms with Gasteiger partial charge in [-0.2, -0.15) is 0 Å². The number of halogens is 2. The molecule has 2 rings (SSSR count). The second-order valence-corrected chi connectivity index (χ2v) is 4.41. The highest BCUT2D eigenvalue weighted by Gasteiger charge is 2.77. The first-order valence-corrected chi connectivity index (χ1v) is 5.11. The fourth-order valence-corrected chi connectivity index (χ4v) is 2.39. The van der Waals surface area contributed by atoms with E-state index in [0.717, 1.165) is 5.56 Å². The van der Waals surface area contributed by atoms with Crippen LogP contribution in [-0.2, 0) is 0 Å². The van der Waals surface area contributed by atoms with Crippen molar-refractivity contribution >= 4 is 0 Å². The van der Waals surface area contributed by atoms with Crippen molar-refractivity contribution in [3.63, 3.8) is 0 Å². The van der Waals surface area contributed by atoms with E-state index in [9.17, 15) is 8.78 Å². The number of nitrogens with one attached hydrogen (secondary N) is 1. The van der Waals surface area contributed by atoms with Gasteiger partial charge in [0.1, 0.15) is 0 Å². The first-order valence-electron chi connectivity index (χ1n) is 5.11. The first-order chi connectivity index (χ1) is 7.04. The normalized spacial score (nSPS) is 32.7. The minimum atomic E-state index is -2.59. The standard InChI is InChI=1S/C12H15F2N/c1-11(8-15-2)10(12(11,13)14)9-6-4-3-5-7-9/h3-7,10,15H,8H2,1-2H3/t10-,11+/m1/s1. The summed E-state index contributed by atoms with van der Waals surface area (Å²) in [4.78, 5) is 0. The lowest BCUT2D eigenvalue weighted by atomic mass is 10.0. The lowest BCUT2D eigenvalue weighted by Gasteiger charge is -2.08. The monoisotopic (exact) mass is 211 g/mol. The fraction of sp³-hybridized carbons (Fsp3) is 0.500. The molecule has 1 aliphatic rings. The summed E-state index contributed by atoms with van der Waals surface area (Å²) in [7, 11) is 1.71. The van der Waals surface area contributed by atoms with Crippen LogP contribution < -0.4 is 5.32 Å². The minimum Gasteiger partial charge on any atom is -0.319 e. The van der Waals surface area contributed by atoms with Crippen LogP contribution in [0.4, 0.5) is 8.78 Å². The van der Waals surface area contributed by atoms with E-state index in [2.05, 4.69) is 5.32 Å². The van der Waals surface area contributed by atoms with Crippen LogP contribution in [0.25, 0.3) is 0 Å². The van der Waals surface area contributed by atoms with Gasteiger partial charge in [-0.3, -0.25) is 0 Å². The van der Waals surface area contributed by atoms with E-state index in [-0.39, 0.29) is 0 Å². The molecule has 0 saturated heterocycles. The van der Waals surface area contributed by atoms with E-state index in [0.29, 0.717) is 6.54 Å². The maximum atomic E-state index is 13.7. The van der Waals surface area contributed by atoms with Gasteiger partial charge in [0.15, 0.2) is 0 Å². The van der Waals surface area contributed by atoms with Crippen molar-refractivity contribution in [3.05, 3.63) is 35.9 Å². The molecule has 1 aromatic carbocycles. The molecule has 1 nitrogen and oxygen atoms in total. The molecule has 1 saturated carbocycles. The second kappa shape index (κ2) is 3.27. The lowest BCUT2D eigenvalue weighted by Crippen LogP contribution is -2.22. The average molecular weight is 211 g/mol. The van der Waals surface area contributed by atoms with Crippen LogP contribution >= 0.6 is 0 Å². The lowest BCUT2D eigenvalue weighted by molar-refractivity contribution is 0.0675. The maximum Gasteiger partial charge on any atom is 0.262 e. The quantitative estimate of drug-likeness (QED) is 0.810. The van der Waals surface area contributed by atoms with Crippen LogP contribution in [0.2, 0.25) is 0 Å². The van der Waals surface area contributed by atoms with Crippen LogP contribution in [0.3, 0.4) is 0 Å². The summed E-state index contributed by atoms with van der Waals surface area (Å²) in [5.74, 6) is -3.23. The van der Waals surface area contributed by atoms with Crippen molar-refractivity contribution in [2.75, 3.05) is 13.6 Å². The topological polar surface area (TPSA) is 12.0 Å². The molecule has 0 unspecified atom stereocenters. The summed E-state index contributed by atoms with van der Waals surface area (Å²) in [5.41, 5.74) is -0.191. The third kappa shape index (κ3) is 1.37. The smallest absolute Gasteiger partial charge is 0.262 e. The van der Waals surface area contributed by atoms with Crippen molar-refractivity contribution in [1.82, 2.24) is 5.32 Å². The predicted octanol–water partition coefficient (Wildman–Crippen LogP) is 2.64. The number of hydrogen-bond donors (Lipinski definition) is 1. The molecule has 2 atom stereocenters. The molecular weight excluding hydrogens is 196 g/mol. The summed E-state index contributed by atoms with van der Waals surface area (Å²) in [5, 5.41) is 2.85. The molecule has 1 aliphatic carbocycles.